The van der Waals surface area contributed by atoms with E-state index in [4.69, 9.17) is 0 Å². The van der Waals surface area contributed by atoms with Crippen LogP contribution in [0, 0.1) is 0 Å². The van der Waals surface area contributed by atoms with Gasteiger partial charge in [0.15, 0.2) is 5.82 Å². The van der Waals surface area contributed by atoms with Gasteiger partial charge in [0.05, 0.1) is 23.3 Å². The smallest absolute Gasteiger partial charge is 0.165 e. The molecule has 0 bridgehead atoms. The van der Waals surface area contributed by atoms with E-state index in [2.05, 4.69) is 25.5 Å². The van der Waals surface area contributed by atoms with Crippen LogP contribution >= 0.6 is 0 Å². The molecule has 2 aromatic heterocycles. The number of nitrogens with one attached hydrogen (secondary N) is 1. The number of nitrogens with zero attached hydrogens (tertiary/aromatic N) is 4. The second-order valence-electron chi connectivity index (χ2n) is 5.50. The van der Waals surface area contributed by atoms with Crippen molar-refractivity contribution in [3.8, 4) is 17.1 Å². The van der Waals surface area contributed by atoms with Gasteiger partial charge in [0.1, 0.15) is 11.6 Å². The van der Waals surface area contributed by atoms with E-state index in [1.165, 1.54) is 0 Å². The summed E-state index contributed by atoms with van der Waals surface area (Å²) in [4.78, 5) is 9.20. The van der Waals surface area contributed by atoms with Gasteiger partial charge in [-0.25, -0.2) is 9.97 Å². The van der Waals surface area contributed by atoms with Crippen LogP contribution in [0.4, 0.5) is 5.82 Å². The Morgan fingerprint density at radius 2 is 1.72 bits per heavy atom. The largest absolute Gasteiger partial charge is 0.507 e. The van der Waals surface area contributed by atoms with Crippen molar-refractivity contribution in [2.45, 2.75) is 6.54 Å². The molecule has 0 amide bonds. The van der Waals surface area contributed by atoms with E-state index in [0.29, 0.717) is 23.8 Å². The molecule has 0 radical (unpaired) electrons. The maximum atomic E-state index is 10.1. The highest BCUT2D eigenvalue weighted by Gasteiger charge is 2.12. The molecule has 122 valence electrons. The first kappa shape index (κ1) is 15.0. The van der Waals surface area contributed by atoms with Crippen LogP contribution in [0.3, 0.4) is 0 Å². The van der Waals surface area contributed by atoms with Gasteiger partial charge in [-0.2, -0.15) is 10.2 Å². The molecular weight excluding hydrogens is 314 g/mol. The third-order valence-corrected chi connectivity index (χ3v) is 3.81. The third kappa shape index (κ3) is 3.10. The Kier molecular flexibility index (Phi) is 3.92. The topological polar surface area (TPSA) is 83.8 Å². The zero-order valence-corrected chi connectivity index (χ0v) is 13.3. The zero-order chi connectivity index (χ0) is 17.1. The summed E-state index contributed by atoms with van der Waals surface area (Å²) >= 11 is 0. The SMILES string of the molecule is Oc1ccccc1-c1nc(NCc2cccnn2)c2ccccc2n1. The number of fused-ring (bicyclic) bond motifs is 1. The quantitative estimate of drug-likeness (QED) is 0.597. The maximum absolute atomic E-state index is 10.1. The van der Waals surface area contributed by atoms with Gasteiger partial charge in [-0.05, 0) is 36.4 Å². The minimum absolute atomic E-state index is 0.151. The Morgan fingerprint density at radius 1 is 0.880 bits per heavy atom. The lowest BCUT2D eigenvalue weighted by Gasteiger charge is -2.11. The predicted octanol–water partition coefficient (Wildman–Crippen LogP) is 3.40. The second-order valence-corrected chi connectivity index (χ2v) is 5.50. The Morgan fingerprint density at radius 3 is 2.56 bits per heavy atom. The number of hydrogen-bond donors (Lipinski definition) is 2. The normalized spacial score (nSPS) is 10.7. The highest BCUT2D eigenvalue weighted by molar-refractivity contribution is 5.90. The van der Waals surface area contributed by atoms with Gasteiger partial charge in [-0.3, -0.25) is 0 Å². The van der Waals surface area contributed by atoms with Crippen molar-refractivity contribution in [2.75, 3.05) is 5.32 Å². The highest BCUT2D eigenvalue weighted by Crippen LogP contribution is 2.29. The number of para-hydroxylation sites is 2. The third-order valence-electron chi connectivity index (χ3n) is 3.81. The van der Waals surface area contributed by atoms with Crippen molar-refractivity contribution in [1.82, 2.24) is 20.2 Å². The van der Waals surface area contributed by atoms with Gasteiger partial charge < -0.3 is 10.4 Å². The maximum Gasteiger partial charge on any atom is 0.165 e. The summed E-state index contributed by atoms with van der Waals surface area (Å²) in [5.74, 6) is 1.31. The summed E-state index contributed by atoms with van der Waals surface area (Å²) in [5, 5.41) is 22.3. The number of hydrogen-bond acceptors (Lipinski definition) is 6. The minimum atomic E-state index is 0.151. The van der Waals surface area contributed by atoms with Crippen molar-refractivity contribution in [2.24, 2.45) is 0 Å². The molecular formula is C19H15N5O. The van der Waals surface area contributed by atoms with E-state index < -0.39 is 0 Å². The molecule has 0 aliphatic heterocycles. The van der Waals surface area contributed by atoms with Crippen LogP contribution in [0.15, 0.2) is 66.9 Å². The fourth-order valence-electron chi connectivity index (χ4n) is 2.60. The van der Waals surface area contributed by atoms with Gasteiger partial charge >= 0.3 is 0 Å². The van der Waals surface area contributed by atoms with Crippen LogP contribution in [0.2, 0.25) is 0 Å². The first-order valence-corrected chi connectivity index (χ1v) is 7.87. The summed E-state index contributed by atoms with van der Waals surface area (Å²) in [5.41, 5.74) is 2.21. The average molecular weight is 329 g/mol. The first-order chi connectivity index (χ1) is 12.3. The van der Waals surface area contributed by atoms with Crippen LogP contribution in [0.25, 0.3) is 22.3 Å². The Bertz CT molecular complexity index is 1020. The molecule has 25 heavy (non-hydrogen) atoms. The minimum Gasteiger partial charge on any atom is -0.507 e. The van der Waals surface area contributed by atoms with Crippen molar-refractivity contribution in [3.05, 3.63) is 72.6 Å². The number of aromatic nitrogens is 4. The molecule has 2 heterocycles. The number of benzene rings is 2. The van der Waals surface area contributed by atoms with E-state index in [1.54, 1.807) is 24.4 Å². The van der Waals surface area contributed by atoms with Gasteiger partial charge in [0.25, 0.3) is 0 Å². The molecule has 6 nitrogen and oxygen atoms in total. The second kappa shape index (κ2) is 6.52. The molecule has 0 aliphatic carbocycles. The summed E-state index contributed by atoms with van der Waals surface area (Å²) in [6, 6.07) is 18.5. The Hall–Kier alpha value is -3.54. The molecule has 0 saturated heterocycles. The average Bonchev–Trinajstić information content (AvgIpc) is 2.67. The van der Waals surface area contributed by atoms with Crippen molar-refractivity contribution in [3.63, 3.8) is 0 Å². The summed E-state index contributed by atoms with van der Waals surface area (Å²) in [7, 11) is 0. The van der Waals surface area contributed by atoms with Crippen LogP contribution in [0.5, 0.6) is 5.75 Å². The number of rotatable bonds is 4. The number of phenols is 1. The molecule has 2 N–H and O–H groups in total. The zero-order valence-electron chi connectivity index (χ0n) is 13.3. The van der Waals surface area contributed by atoms with E-state index >= 15 is 0 Å². The van der Waals surface area contributed by atoms with E-state index in [9.17, 15) is 5.11 Å². The van der Waals surface area contributed by atoms with Crippen molar-refractivity contribution < 1.29 is 5.11 Å². The molecule has 0 unspecified atom stereocenters. The lowest BCUT2D eigenvalue weighted by atomic mass is 10.1. The number of anilines is 1. The molecule has 0 fully saturated rings. The summed E-state index contributed by atoms with van der Waals surface area (Å²) < 4.78 is 0. The van der Waals surface area contributed by atoms with Gasteiger partial charge in [0.2, 0.25) is 0 Å². The monoisotopic (exact) mass is 329 g/mol. The van der Waals surface area contributed by atoms with Gasteiger partial charge in [-0.1, -0.05) is 24.3 Å². The van der Waals surface area contributed by atoms with Crippen LogP contribution < -0.4 is 5.32 Å². The van der Waals surface area contributed by atoms with Crippen molar-refractivity contribution in [1.29, 1.82) is 0 Å². The van der Waals surface area contributed by atoms with Crippen LogP contribution in [-0.4, -0.2) is 25.3 Å². The standard InChI is InChI=1S/C19H15N5O/c25-17-10-4-2-8-15(17)19-22-16-9-3-1-7-14(16)18(23-19)20-12-13-6-5-11-21-24-13/h1-11,25H,12H2,(H,20,22,23). The highest BCUT2D eigenvalue weighted by atomic mass is 16.3. The lowest BCUT2D eigenvalue weighted by Crippen LogP contribution is -2.06. The van der Waals surface area contributed by atoms with Gasteiger partial charge in [0, 0.05) is 11.6 Å². The Balaban J connectivity index is 1.78. The molecule has 0 atom stereocenters. The fourth-order valence-corrected chi connectivity index (χ4v) is 2.60. The Labute approximate surface area is 144 Å². The summed E-state index contributed by atoms with van der Waals surface area (Å²) in [6.07, 6.45) is 1.64. The molecule has 6 heteroatoms. The summed E-state index contributed by atoms with van der Waals surface area (Å²) in [6.45, 7) is 0.495. The molecule has 0 saturated carbocycles. The number of phenolic OH excluding ortho intramolecular Hbond substituents is 1. The first-order valence-electron chi connectivity index (χ1n) is 7.87. The molecule has 0 aliphatic rings. The molecule has 2 aromatic carbocycles. The number of aromatic hydroxyl groups is 1. The van der Waals surface area contributed by atoms with Crippen LogP contribution in [0.1, 0.15) is 5.69 Å². The van der Waals surface area contributed by atoms with Crippen LogP contribution in [-0.2, 0) is 6.54 Å². The predicted molar refractivity (Wildman–Crippen MR) is 96.0 cm³/mol. The lowest BCUT2D eigenvalue weighted by molar-refractivity contribution is 0.477. The van der Waals surface area contributed by atoms with E-state index in [0.717, 1.165) is 16.6 Å². The van der Waals surface area contributed by atoms with E-state index in [-0.39, 0.29) is 5.75 Å². The van der Waals surface area contributed by atoms with E-state index in [1.807, 2.05) is 42.5 Å². The fraction of sp³-hybridized carbons (Fsp3) is 0.0526. The molecule has 4 rings (SSSR count). The molecule has 0 spiro atoms. The van der Waals surface area contributed by atoms with Crippen molar-refractivity contribution >= 4 is 16.7 Å². The molecule has 4 aromatic rings. The van der Waals surface area contributed by atoms with Gasteiger partial charge in [-0.15, -0.1) is 0 Å².